The molecule has 1 aliphatic rings. The van der Waals surface area contributed by atoms with E-state index in [2.05, 4.69) is 25.9 Å². The maximum atomic E-state index is 5.99. The van der Waals surface area contributed by atoms with Gasteiger partial charge >= 0.3 is 0 Å². The molecule has 2 nitrogen and oxygen atoms in total. The first kappa shape index (κ1) is 13.7. The van der Waals surface area contributed by atoms with Gasteiger partial charge in [0.25, 0.3) is 0 Å². The highest BCUT2D eigenvalue weighted by atomic mass is 79.9. The Balaban J connectivity index is 2.19. The number of aliphatic imine (C=N–C) groups is 1. The predicted octanol–water partition coefficient (Wildman–Crippen LogP) is 5.40. The van der Waals surface area contributed by atoms with Gasteiger partial charge in [0.1, 0.15) is 10.3 Å². The minimum Gasteiger partial charge on any atom is -0.346 e. The van der Waals surface area contributed by atoms with E-state index in [1.807, 2.05) is 42.5 Å². The average molecular weight is 368 g/mol. The monoisotopic (exact) mass is 366 g/mol. The summed E-state index contributed by atoms with van der Waals surface area (Å²) in [6.45, 7) is 0. The number of halogens is 3. The lowest BCUT2D eigenvalue weighted by molar-refractivity contribution is 1.31. The van der Waals surface area contributed by atoms with Gasteiger partial charge in [-0.2, -0.15) is 0 Å². The third-order valence-electron chi connectivity index (χ3n) is 2.91. The van der Waals surface area contributed by atoms with Gasteiger partial charge < -0.3 is 4.98 Å². The molecule has 1 aromatic carbocycles. The number of allylic oxidation sites excluding steroid dienone is 2. The van der Waals surface area contributed by atoms with Crippen molar-refractivity contribution in [1.82, 2.24) is 4.98 Å². The van der Waals surface area contributed by atoms with Crippen molar-refractivity contribution in [3.63, 3.8) is 0 Å². The van der Waals surface area contributed by atoms with Crippen molar-refractivity contribution in [1.29, 1.82) is 0 Å². The van der Waals surface area contributed by atoms with Crippen LogP contribution in [0.4, 0.5) is 0 Å². The highest BCUT2D eigenvalue weighted by molar-refractivity contribution is 9.10. The van der Waals surface area contributed by atoms with Crippen LogP contribution in [0.2, 0.25) is 5.15 Å². The number of hydrogen-bond donors (Lipinski definition) is 1. The van der Waals surface area contributed by atoms with Crippen molar-refractivity contribution in [3.8, 4) is 0 Å². The second kappa shape index (κ2) is 5.60. The summed E-state index contributed by atoms with van der Waals surface area (Å²) in [5, 5.41) is 1.07. The SMILES string of the molecule is ClC1=N/C(=C(/c2ccc(Br)cc2)c2ccc(Cl)[nH]2)C=C1. The molecule has 0 aliphatic carbocycles. The number of hydrogen-bond acceptors (Lipinski definition) is 1. The Bertz CT molecular complexity index is 739. The zero-order valence-electron chi connectivity index (χ0n) is 10.2. The lowest BCUT2D eigenvalue weighted by Gasteiger charge is -2.08. The normalized spacial score (nSPS) is 16.4. The maximum absolute atomic E-state index is 5.99. The van der Waals surface area contributed by atoms with Crippen molar-refractivity contribution >= 4 is 49.9 Å². The number of nitrogens with zero attached hydrogens (tertiary/aromatic N) is 1. The molecule has 2 aromatic rings. The Morgan fingerprint density at radius 3 is 2.30 bits per heavy atom. The molecule has 0 saturated carbocycles. The molecular formula is C15H9BrCl2N2. The molecule has 1 N–H and O–H groups in total. The van der Waals surface area contributed by atoms with Gasteiger partial charge in [0, 0.05) is 15.7 Å². The first-order chi connectivity index (χ1) is 9.63. The molecule has 100 valence electrons. The Kier molecular flexibility index (Phi) is 3.83. The van der Waals surface area contributed by atoms with Crippen molar-refractivity contribution in [2.75, 3.05) is 0 Å². The molecule has 0 atom stereocenters. The van der Waals surface area contributed by atoms with Crippen LogP contribution >= 0.6 is 39.1 Å². The van der Waals surface area contributed by atoms with Crippen LogP contribution in [-0.2, 0) is 0 Å². The van der Waals surface area contributed by atoms with E-state index < -0.39 is 0 Å². The van der Waals surface area contributed by atoms with E-state index in [-0.39, 0.29) is 0 Å². The third kappa shape index (κ3) is 2.75. The Labute approximate surface area is 135 Å². The largest absolute Gasteiger partial charge is 0.346 e. The molecule has 0 saturated heterocycles. The fraction of sp³-hybridized carbons (Fsp3) is 0. The molecule has 0 amide bonds. The van der Waals surface area contributed by atoms with Gasteiger partial charge in [0.2, 0.25) is 0 Å². The Morgan fingerprint density at radius 2 is 1.75 bits per heavy atom. The smallest absolute Gasteiger partial charge is 0.129 e. The molecule has 0 radical (unpaired) electrons. The summed E-state index contributed by atoms with van der Waals surface area (Å²) in [5.74, 6) is 0. The summed E-state index contributed by atoms with van der Waals surface area (Å²) in [4.78, 5) is 7.48. The molecule has 5 heteroatoms. The molecular weight excluding hydrogens is 359 g/mol. The molecule has 1 aromatic heterocycles. The number of benzene rings is 1. The van der Waals surface area contributed by atoms with E-state index in [0.717, 1.165) is 27.0 Å². The van der Waals surface area contributed by atoms with Crippen LogP contribution in [-0.4, -0.2) is 10.2 Å². The minimum atomic E-state index is 0.479. The van der Waals surface area contributed by atoms with Crippen LogP contribution < -0.4 is 0 Å². The van der Waals surface area contributed by atoms with E-state index in [1.54, 1.807) is 6.08 Å². The highest BCUT2D eigenvalue weighted by Crippen LogP contribution is 2.31. The standard InChI is InChI=1S/C15H9BrCl2N2/c16-10-3-1-9(2-4-10)15(11-5-7-13(17)19-11)12-6-8-14(18)20-12/h1-8,19H/b15-12-. The van der Waals surface area contributed by atoms with Crippen LogP contribution in [0.25, 0.3) is 5.57 Å². The van der Waals surface area contributed by atoms with Gasteiger partial charge in [-0.1, -0.05) is 51.3 Å². The second-order valence-corrected chi connectivity index (χ2v) is 5.97. The quantitative estimate of drug-likeness (QED) is 0.736. The fourth-order valence-electron chi connectivity index (χ4n) is 2.05. The van der Waals surface area contributed by atoms with Gasteiger partial charge in [-0.3, -0.25) is 0 Å². The van der Waals surface area contributed by atoms with Crippen LogP contribution in [0.5, 0.6) is 0 Å². The predicted molar refractivity (Wildman–Crippen MR) is 88.4 cm³/mol. The van der Waals surface area contributed by atoms with Crippen molar-refractivity contribution in [2.45, 2.75) is 0 Å². The highest BCUT2D eigenvalue weighted by Gasteiger charge is 2.14. The Morgan fingerprint density at radius 1 is 1.00 bits per heavy atom. The number of rotatable bonds is 2. The average Bonchev–Trinajstić information content (AvgIpc) is 3.02. The van der Waals surface area contributed by atoms with Gasteiger partial charge in [0.05, 0.1) is 5.70 Å². The summed E-state index contributed by atoms with van der Waals surface area (Å²) in [7, 11) is 0. The van der Waals surface area contributed by atoms with Gasteiger partial charge in [-0.15, -0.1) is 0 Å². The third-order valence-corrected chi connectivity index (χ3v) is 3.87. The van der Waals surface area contributed by atoms with E-state index in [0.29, 0.717) is 10.3 Å². The van der Waals surface area contributed by atoms with E-state index >= 15 is 0 Å². The number of H-pyrrole nitrogens is 1. The van der Waals surface area contributed by atoms with Gasteiger partial charge in [-0.25, -0.2) is 4.99 Å². The van der Waals surface area contributed by atoms with E-state index in [4.69, 9.17) is 23.2 Å². The van der Waals surface area contributed by atoms with Crippen LogP contribution in [0.3, 0.4) is 0 Å². The maximum Gasteiger partial charge on any atom is 0.129 e. The van der Waals surface area contributed by atoms with Gasteiger partial charge in [0.15, 0.2) is 0 Å². The van der Waals surface area contributed by atoms with E-state index in [9.17, 15) is 0 Å². The second-order valence-electron chi connectivity index (χ2n) is 4.25. The summed E-state index contributed by atoms with van der Waals surface area (Å²) < 4.78 is 1.03. The van der Waals surface area contributed by atoms with Crippen LogP contribution in [0.15, 0.2) is 63.7 Å². The zero-order chi connectivity index (χ0) is 14.1. The molecule has 0 fully saturated rings. The Hall–Kier alpha value is -1.29. The molecule has 2 heterocycles. The minimum absolute atomic E-state index is 0.479. The molecule has 0 bridgehead atoms. The van der Waals surface area contributed by atoms with E-state index in [1.165, 1.54) is 0 Å². The fourth-order valence-corrected chi connectivity index (χ4v) is 2.63. The molecule has 3 rings (SSSR count). The molecule has 1 aliphatic heterocycles. The van der Waals surface area contributed by atoms with Crippen molar-refractivity contribution in [2.24, 2.45) is 4.99 Å². The summed E-state index contributed by atoms with van der Waals surface area (Å²) in [5.41, 5.74) is 3.74. The summed E-state index contributed by atoms with van der Waals surface area (Å²) >= 11 is 15.4. The first-order valence-corrected chi connectivity index (χ1v) is 7.46. The van der Waals surface area contributed by atoms with Crippen LogP contribution in [0, 0.1) is 0 Å². The number of nitrogens with one attached hydrogen (secondary N) is 1. The van der Waals surface area contributed by atoms with Crippen molar-refractivity contribution < 1.29 is 0 Å². The molecule has 20 heavy (non-hydrogen) atoms. The first-order valence-electron chi connectivity index (χ1n) is 5.91. The van der Waals surface area contributed by atoms with Crippen LogP contribution in [0.1, 0.15) is 11.3 Å². The number of aromatic amines is 1. The lowest BCUT2D eigenvalue weighted by Crippen LogP contribution is -1.91. The zero-order valence-corrected chi connectivity index (χ0v) is 13.3. The molecule has 0 unspecified atom stereocenters. The number of aromatic nitrogens is 1. The summed E-state index contributed by atoms with van der Waals surface area (Å²) in [6, 6.07) is 11.8. The molecule has 0 spiro atoms. The van der Waals surface area contributed by atoms with Gasteiger partial charge in [-0.05, 0) is 42.0 Å². The lowest BCUT2D eigenvalue weighted by atomic mass is 10.0. The topological polar surface area (TPSA) is 28.1 Å². The van der Waals surface area contributed by atoms with Crippen molar-refractivity contribution in [3.05, 3.63) is 75.1 Å². The summed E-state index contributed by atoms with van der Waals surface area (Å²) in [6.07, 6.45) is 3.68.